The Hall–Kier alpha value is -3.09. The maximum atomic E-state index is 11.8. The molecule has 1 saturated carbocycles. The zero-order valence-corrected chi connectivity index (χ0v) is 18.9. The van der Waals surface area contributed by atoms with Crippen molar-refractivity contribution >= 4 is 22.9 Å². The number of nitrogens with zero attached hydrogens (tertiary/aromatic N) is 3. The third-order valence-electron chi connectivity index (χ3n) is 6.00. The van der Waals surface area contributed by atoms with Gasteiger partial charge >= 0.3 is 0 Å². The number of hydrogen-bond acceptors (Lipinski definition) is 5. The largest absolute Gasteiger partial charge is 0.457 e. The first kappa shape index (κ1) is 21.2. The molecule has 164 valence electrons. The van der Waals surface area contributed by atoms with Crippen molar-refractivity contribution in [1.82, 2.24) is 19.9 Å². The number of aromatic nitrogens is 3. The molecule has 1 aliphatic carbocycles. The predicted molar refractivity (Wildman–Crippen MR) is 123 cm³/mol. The number of amides is 1. The third-order valence-corrected chi connectivity index (χ3v) is 6.00. The van der Waals surface area contributed by atoms with Gasteiger partial charge in [0, 0.05) is 38.5 Å². The van der Waals surface area contributed by atoms with Crippen LogP contribution >= 0.6 is 0 Å². The van der Waals surface area contributed by atoms with Gasteiger partial charge in [0.15, 0.2) is 0 Å². The number of ether oxygens (including phenoxy) is 1. The summed E-state index contributed by atoms with van der Waals surface area (Å²) in [4.78, 5) is 20.7. The molecular formula is C24H31N5O2. The average Bonchev–Trinajstić information content (AvgIpc) is 3.00. The zero-order chi connectivity index (χ0) is 22.2. The highest BCUT2D eigenvalue weighted by atomic mass is 16.5. The quantitative estimate of drug-likeness (QED) is 0.621. The normalized spacial score (nSPS) is 20.4. The molecule has 1 fully saturated rings. The maximum Gasteiger partial charge on any atom is 0.269 e. The van der Waals surface area contributed by atoms with Gasteiger partial charge in [0.2, 0.25) is 5.95 Å². The van der Waals surface area contributed by atoms with Crippen LogP contribution in [0.4, 0.5) is 5.95 Å². The fourth-order valence-corrected chi connectivity index (χ4v) is 4.87. The van der Waals surface area contributed by atoms with Gasteiger partial charge in [-0.2, -0.15) is 0 Å². The first-order valence-electron chi connectivity index (χ1n) is 10.8. The van der Waals surface area contributed by atoms with Crippen molar-refractivity contribution in [2.24, 2.45) is 18.4 Å². The van der Waals surface area contributed by atoms with E-state index in [1.165, 1.54) is 6.42 Å². The Labute approximate surface area is 183 Å². The molecule has 7 heteroatoms. The highest BCUT2D eigenvalue weighted by Crippen LogP contribution is 2.39. The molecule has 1 aromatic carbocycles. The summed E-state index contributed by atoms with van der Waals surface area (Å²) in [6.45, 7) is 7.04. The zero-order valence-electron chi connectivity index (χ0n) is 18.9. The monoisotopic (exact) mass is 421 g/mol. The molecule has 2 N–H and O–H groups in total. The molecule has 4 rings (SSSR count). The van der Waals surface area contributed by atoms with Crippen molar-refractivity contribution in [2.75, 3.05) is 12.4 Å². The van der Waals surface area contributed by atoms with Crippen LogP contribution in [0, 0.1) is 11.3 Å². The van der Waals surface area contributed by atoms with E-state index in [-0.39, 0.29) is 5.91 Å². The van der Waals surface area contributed by atoms with Crippen LogP contribution in [-0.2, 0) is 7.05 Å². The predicted octanol–water partition coefficient (Wildman–Crippen LogP) is 4.75. The van der Waals surface area contributed by atoms with E-state index < -0.39 is 0 Å². The summed E-state index contributed by atoms with van der Waals surface area (Å²) in [5, 5.41) is 6.25. The first-order chi connectivity index (χ1) is 14.7. The van der Waals surface area contributed by atoms with E-state index in [4.69, 9.17) is 9.72 Å². The lowest BCUT2D eigenvalue weighted by atomic mass is 9.71. The number of hydrogen-bond donors (Lipinski definition) is 2. The molecule has 7 nitrogen and oxygen atoms in total. The molecule has 0 spiro atoms. The van der Waals surface area contributed by atoms with Crippen molar-refractivity contribution in [3.05, 3.63) is 42.2 Å². The summed E-state index contributed by atoms with van der Waals surface area (Å²) in [6, 6.07) is 9.63. The van der Waals surface area contributed by atoms with Crippen molar-refractivity contribution < 1.29 is 9.53 Å². The molecule has 0 saturated heterocycles. The number of anilines is 1. The molecule has 3 aromatic rings. The number of benzene rings is 1. The maximum absolute atomic E-state index is 11.8. The molecule has 0 radical (unpaired) electrons. The van der Waals surface area contributed by atoms with Gasteiger partial charge in [-0.3, -0.25) is 9.78 Å². The lowest BCUT2D eigenvalue weighted by Crippen LogP contribution is -2.36. The van der Waals surface area contributed by atoms with Crippen molar-refractivity contribution in [3.63, 3.8) is 0 Å². The molecule has 2 unspecified atom stereocenters. The average molecular weight is 422 g/mol. The highest BCUT2D eigenvalue weighted by molar-refractivity contribution is 5.92. The van der Waals surface area contributed by atoms with E-state index in [0.29, 0.717) is 34.6 Å². The summed E-state index contributed by atoms with van der Waals surface area (Å²) in [5.74, 6) is 2.56. The van der Waals surface area contributed by atoms with Crippen LogP contribution in [0.2, 0.25) is 0 Å². The second kappa shape index (κ2) is 8.21. The second-order valence-corrected chi connectivity index (χ2v) is 9.46. The van der Waals surface area contributed by atoms with Crippen LogP contribution < -0.4 is 15.4 Å². The van der Waals surface area contributed by atoms with Crippen LogP contribution in [0.5, 0.6) is 11.5 Å². The first-order valence-corrected chi connectivity index (χ1v) is 10.8. The standard InChI is InChI=1S/C24H31N5O2/c1-15-10-16(14-24(2,3)13-15)27-23-28-19-11-17(6-7-21(19)29(23)5)31-18-8-9-26-20(12-18)22(30)25-4/h6-9,11-12,15-16H,10,13-14H2,1-5H3,(H,25,30)(H,27,28). The minimum atomic E-state index is -0.249. The molecule has 2 atom stereocenters. The minimum Gasteiger partial charge on any atom is -0.457 e. The van der Waals surface area contributed by atoms with Gasteiger partial charge in [0.05, 0.1) is 11.0 Å². The van der Waals surface area contributed by atoms with E-state index in [1.54, 1.807) is 25.4 Å². The number of carbonyl (C=O) groups is 1. The van der Waals surface area contributed by atoms with Gasteiger partial charge in [0.1, 0.15) is 17.2 Å². The SMILES string of the molecule is CNC(=O)c1cc(Oc2ccc3c(c2)nc(NC2CC(C)CC(C)(C)C2)n3C)ccn1. The number of nitrogens with one attached hydrogen (secondary N) is 2. The molecule has 0 bridgehead atoms. The molecule has 31 heavy (non-hydrogen) atoms. The molecule has 1 amide bonds. The highest BCUT2D eigenvalue weighted by Gasteiger charge is 2.32. The van der Waals surface area contributed by atoms with Crippen molar-refractivity contribution in [1.29, 1.82) is 0 Å². The van der Waals surface area contributed by atoms with Gasteiger partial charge in [-0.1, -0.05) is 20.8 Å². The smallest absolute Gasteiger partial charge is 0.269 e. The topological polar surface area (TPSA) is 81.1 Å². The molecule has 2 aromatic heterocycles. The third kappa shape index (κ3) is 4.65. The molecule has 1 aliphatic rings. The van der Waals surface area contributed by atoms with Gasteiger partial charge < -0.3 is 19.9 Å². The molecule has 0 aliphatic heterocycles. The van der Waals surface area contributed by atoms with E-state index in [0.717, 1.165) is 29.8 Å². The summed E-state index contributed by atoms with van der Waals surface area (Å²) in [6.07, 6.45) is 5.14. The molecule has 2 heterocycles. The van der Waals surface area contributed by atoms with Crippen molar-refractivity contribution in [2.45, 2.75) is 46.1 Å². The van der Waals surface area contributed by atoms with Crippen LogP contribution in [0.15, 0.2) is 36.5 Å². The van der Waals surface area contributed by atoms with E-state index in [2.05, 4.69) is 41.0 Å². The fourth-order valence-electron chi connectivity index (χ4n) is 4.87. The number of pyridine rings is 1. The van der Waals surface area contributed by atoms with Crippen molar-refractivity contribution in [3.8, 4) is 11.5 Å². The Morgan fingerprint density at radius 1 is 1.19 bits per heavy atom. The van der Waals surface area contributed by atoms with Gasteiger partial charge in [0.25, 0.3) is 5.91 Å². The molecular weight excluding hydrogens is 390 g/mol. The number of imidazole rings is 1. The number of rotatable bonds is 5. The Morgan fingerprint density at radius 2 is 1.97 bits per heavy atom. The summed E-state index contributed by atoms with van der Waals surface area (Å²) < 4.78 is 8.07. The van der Waals surface area contributed by atoms with Crippen LogP contribution in [0.25, 0.3) is 11.0 Å². The number of aryl methyl sites for hydroxylation is 1. The summed E-state index contributed by atoms with van der Waals surface area (Å²) >= 11 is 0. The Kier molecular flexibility index (Phi) is 5.60. The number of fused-ring (bicyclic) bond motifs is 1. The van der Waals surface area contributed by atoms with E-state index in [1.807, 2.05) is 25.2 Å². The lowest BCUT2D eigenvalue weighted by Gasteiger charge is -2.39. The summed E-state index contributed by atoms with van der Waals surface area (Å²) in [7, 11) is 3.61. The minimum absolute atomic E-state index is 0.249. The summed E-state index contributed by atoms with van der Waals surface area (Å²) in [5.41, 5.74) is 2.57. The van der Waals surface area contributed by atoms with Crippen LogP contribution in [-0.4, -0.2) is 33.5 Å². The van der Waals surface area contributed by atoms with Gasteiger partial charge in [-0.25, -0.2) is 4.98 Å². The Bertz CT molecular complexity index is 1100. The van der Waals surface area contributed by atoms with Gasteiger partial charge in [-0.05, 0) is 48.8 Å². The Balaban J connectivity index is 1.55. The fraction of sp³-hybridized carbons (Fsp3) is 0.458. The van der Waals surface area contributed by atoms with Crippen LogP contribution in [0.3, 0.4) is 0 Å². The lowest BCUT2D eigenvalue weighted by molar-refractivity contribution is 0.0958. The van der Waals surface area contributed by atoms with Gasteiger partial charge in [-0.15, -0.1) is 0 Å². The Morgan fingerprint density at radius 3 is 2.71 bits per heavy atom. The second-order valence-electron chi connectivity index (χ2n) is 9.46. The van der Waals surface area contributed by atoms with E-state index in [9.17, 15) is 4.79 Å². The number of carbonyl (C=O) groups excluding carboxylic acids is 1. The van der Waals surface area contributed by atoms with Crippen LogP contribution in [0.1, 0.15) is 50.5 Å². The van der Waals surface area contributed by atoms with E-state index >= 15 is 0 Å².